The van der Waals surface area contributed by atoms with Crippen LogP contribution in [-0.2, 0) is 6.61 Å². The molecule has 102 valence electrons. The average Bonchev–Trinajstić information content (AvgIpc) is 2.94. The Hall–Kier alpha value is -2.28. The molecule has 0 spiro atoms. The van der Waals surface area contributed by atoms with Gasteiger partial charge in [0.25, 0.3) is 5.89 Å². The Balaban J connectivity index is 2.56. The molecule has 1 N–H and O–H groups in total. The van der Waals surface area contributed by atoms with E-state index in [4.69, 9.17) is 23.8 Å². The van der Waals surface area contributed by atoms with Gasteiger partial charge in [0.15, 0.2) is 17.3 Å². The molecule has 1 aromatic carbocycles. The fourth-order valence-electron chi connectivity index (χ4n) is 1.70. The summed E-state index contributed by atoms with van der Waals surface area (Å²) in [6.45, 7) is -0.293. The SMILES string of the molecule is COc1ccc(-c2nc(CO)no2)c(OC)c1OC. The van der Waals surface area contributed by atoms with Crippen molar-refractivity contribution in [3.05, 3.63) is 18.0 Å². The molecule has 7 heteroatoms. The zero-order chi connectivity index (χ0) is 13.8. The number of aliphatic hydroxyl groups excluding tert-OH is 1. The molecular weight excluding hydrogens is 252 g/mol. The monoisotopic (exact) mass is 266 g/mol. The summed E-state index contributed by atoms with van der Waals surface area (Å²) in [6, 6.07) is 3.42. The third-order valence-electron chi connectivity index (χ3n) is 2.54. The maximum Gasteiger partial charge on any atom is 0.261 e. The second-order valence-electron chi connectivity index (χ2n) is 3.56. The van der Waals surface area contributed by atoms with E-state index in [9.17, 15) is 0 Å². The van der Waals surface area contributed by atoms with E-state index >= 15 is 0 Å². The minimum Gasteiger partial charge on any atom is -0.493 e. The topological polar surface area (TPSA) is 86.8 Å². The lowest BCUT2D eigenvalue weighted by molar-refractivity contribution is 0.264. The first-order chi connectivity index (χ1) is 9.24. The molecule has 0 aliphatic rings. The maximum absolute atomic E-state index is 8.95. The van der Waals surface area contributed by atoms with E-state index in [0.717, 1.165) is 0 Å². The Labute approximate surface area is 109 Å². The van der Waals surface area contributed by atoms with E-state index in [-0.39, 0.29) is 18.3 Å². The molecule has 2 rings (SSSR count). The van der Waals surface area contributed by atoms with Gasteiger partial charge in [0.2, 0.25) is 5.75 Å². The first-order valence-electron chi connectivity index (χ1n) is 5.48. The average molecular weight is 266 g/mol. The number of aliphatic hydroxyl groups is 1. The molecule has 0 aliphatic carbocycles. The molecule has 1 heterocycles. The van der Waals surface area contributed by atoms with Gasteiger partial charge in [-0.05, 0) is 12.1 Å². The normalized spacial score (nSPS) is 10.3. The number of hydrogen-bond donors (Lipinski definition) is 1. The highest BCUT2D eigenvalue weighted by atomic mass is 16.5. The van der Waals surface area contributed by atoms with E-state index in [1.165, 1.54) is 21.3 Å². The lowest BCUT2D eigenvalue weighted by Crippen LogP contribution is -1.97. The molecule has 0 unspecified atom stereocenters. The standard InChI is InChI=1S/C12H14N2O5/c1-16-8-5-4-7(10(17-2)11(8)18-3)12-13-9(6-15)14-19-12/h4-5,15H,6H2,1-3H3. The van der Waals surface area contributed by atoms with E-state index in [2.05, 4.69) is 10.1 Å². The number of nitrogens with zero attached hydrogens (tertiary/aromatic N) is 2. The molecule has 0 radical (unpaired) electrons. The van der Waals surface area contributed by atoms with Crippen LogP contribution in [0.3, 0.4) is 0 Å². The smallest absolute Gasteiger partial charge is 0.261 e. The Kier molecular flexibility index (Phi) is 3.86. The van der Waals surface area contributed by atoms with E-state index in [0.29, 0.717) is 22.8 Å². The first-order valence-corrected chi connectivity index (χ1v) is 5.48. The lowest BCUT2D eigenvalue weighted by atomic mass is 10.1. The highest BCUT2D eigenvalue weighted by molar-refractivity contribution is 5.71. The van der Waals surface area contributed by atoms with Gasteiger partial charge in [-0.15, -0.1) is 0 Å². The summed E-state index contributed by atoms with van der Waals surface area (Å²) >= 11 is 0. The van der Waals surface area contributed by atoms with Crippen LogP contribution in [0, 0.1) is 0 Å². The number of rotatable bonds is 5. The predicted molar refractivity (Wildman–Crippen MR) is 65.3 cm³/mol. The van der Waals surface area contributed by atoms with Gasteiger partial charge in [-0.3, -0.25) is 0 Å². The van der Waals surface area contributed by atoms with Crippen molar-refractivity contribution in [3.63, 3.8) is 0 Å². The van der Waals surface area contributed by atoms with Crippen LogP contribution in [0.15, 0.2) is 16.7 Å². The van der Waals surface area contributed by atoms with Crippen molar-refractivity contribution in [3.8, 4) is 28.7 Å². The Morgan fingerprint density at radius 2 is 1.84 bits per heavy atom. The van der Waals surface area contributed by atoms with Gasteiger partial charge in [-0.25, -0.2) is 0 Å². The fraction of sp³-hybridized carbons (Fsp3) is 0.333. The zero-order valence-electron chi connectivity index (χ0n) is 10.8. The van der Waals surface area contributed by atoms with Gasteiger partial charge < -0.3 is 23.8 Å². The van der Waals surface area contributed by atoms with Gasteiger partial charge in [-0.1, -0.05) is 5.16 Å². The predicted octanol–water partition coefficient (Wildman–Crippen LogP) is 1.25. The Bertz CT molecular complexity index is 567. The summed E-state index contributed by atoms with van der Waals surface area (Å²) in [6.07, 6.45) is 0. The zero-order valence-corrected chi connectivity index (χ0v) is 10.8. The van der Waals surface area contributed by atoms with Crippen LogP contribution in [0.1, 0.15) is 5.82 Å². The second-order valence-corrected chi connectivity index (χ2v) is 3.56. The van der Waals surface area contributed by atoms with Crippen molar-refractivity contribution in [2.75, 3.05) is 21.3 Å². The number of methoxy groups -OCH3 is 3. The summed E-state index contributed by atoms with van der Waals surface area (Å²) in [7, 11) is 4.55. The molecule has 2 aromatic rings. The van der Waals surface area contributed by atoms with E-state index in [1.807, 2.05) is 0 Å². The van der Waals surface area contributed by atoms with Crippen LogP contribution >= 0.6 is 0 Å². The van der Waals surface area contributed by atoms with E-state index in [1.54, 1.807) is 12.1 Å². The molecule has 19 heavy (non-hydrogen) atoms. The molecule has 1 aromatic heterocycles. The minimum atomic E-state index is -0.293. The molecule has 0 amide bonds. The molecule has 0 saturated heterocycles. The quantitative estimate of drug-likeness (QED) is 0.871. The van der Waals surface area contributed by atoms with Gasteiger partial charge in [0, 0.05) is 0 Å². The van der Waals surface area contributed by atoms with Gasteiger partial charge >= 0.3 is 0 Å². The minimum absolute atomic E-state index is 0.201. The number of benzene rings is 1. The largest absolute Gasteiger partial charge is 0.493 e. The number of ether oxygens (including phenoxy) is 3. The number of aromatic nitrogens is 2. The van der Waals surface area contributed by atoms with Crippen molar-refractivity contribution in [2.24, 2.45) is 0 Å². The summed E-state index contributed by atoms with van der Waals surface area (Å²) < 4.78 is 20.8. The second kappa shape index (κ2) is 5.57. The summed E-state index contributed by atoms with van der Waals surface area (Å²) in [5.41, 5.74) is 0.562. The van der Waals surface area contributed by atoms with Gasteiger partial charge in [0.05, 0.1) is 26.9 Å². The highest BCUT2D eigenvalue weighted by Gasteiger charge is 2.20. The van der Waals surface area contributed by atoms with Crippen molar-refractivity contribution >= 4 is 0 Å². The third kappa shape index (κ3) is 2.32. The molecule has 0 fully saturated rings. The molecule has 0 atom stereocenters. The molecule has 7 nitrogen and oxygen atoms in total. The molecule has 0 aliphatic heterocycles. The number of hydrogen-bond acceptors (Lipinski definition) is 7. The highest BCUT2D eigenvalue weighted by Crippen LogP contribution is 2.43. The van der Waals surface area contributed by atoms with Gasteiger partial charge in [0.1, 0.15) is 6.61 Å². The third-order valence-corrected chi connectivity index (χ3v) is 2.54. The fourth-order valence-corrected chi connectivity index (χ4v) is 1.70. The van der Waals surface area contributed by atoms with Crippen LogP contribution in [0.4, 0.5) is 0 Å². The Morgan fingerprint density at radius 3 is 2.37 bits per heavy atom. The van der Waals surface area contributed by atoms with Crippen LogP contribution < -0.4 is 14.2 Å². The molecular formula is C12H14N2O5. The summed E-state index contributed by atoms with van der Waals surface area (Å²) in [4.78, 5) is 4.03. The summed E-state index contributed by atoms with van der Waals surface area (Å²) in [5, 5.41) is 12.6. The van der Waals surface area contributed by atoms with Crippen LogP contribution in [0.5, 0.6) is 17.2 Å². The van der Waals surface area contributed by atoms with Crippen molar-refractivity contribution in [2.45, 2.75) is 6.61 Å². The van der Waals surface area contributed by atoms with Crippen molar-refractivity contribution in [1.82, 2.24) is 10.1 Å². The van der Waals surface area contributed by atoms with E-state index < -0.39 is 0 Å². The van der Waals surface area contributed by atoms with Crippen molar-refractivity contribution in [1.29, 1.82) is 0 Å². The Morgan fingerprint density at radius 1 is 1.11 bits per heavy atom. The van der Waals surface area contributed by atoms with Crippen LogP contribution in [0.25, 0.3) is 11.5 Å². The van der Waals surface area contributed by atoms with Crippen LogP contribution in [0.2, 0.25) is 0 Å². The molecule has 0 saturated carbocycles. The van der Waals surface area contributed by atoms with Crippen molar-refractivity contribution < 1.29 is 23.8 Å². The summed E-state index contributed by atoms with van der Waals surface area (Å²) in [5.74, 6) is 1.83. The van der Waals surface area contributed by atoms with Crippen LogP contribution in [-0.4, -0.2) is 36.6 Å². The first kappa shape index (κ1) is 13.2. The lowest BCUT2D eigenvalue weighted by Gasteiger charge is -2.13. The maximum atomic E-state index is 8.95. The molecule has 0 bridgehead atoms. The van der Waals surface area contributed by atoms with Gasteiger partial charge in [-0.2, -0.15) is 4.98 Å².